The minimum absolute atomic E-state index is 0.224. The van der Waals surface area contributed by atoms with Crippen LogP contribution in [0.5, 0.6) is 5.75 Å². The van der Waals surface area contributed by atoms with E-state index in [2.05, 4.69) is 20.6 Å². The molecule has 0 radical (unpaired) electrons. The van der Waals surface area contributed by atoms with Gasteiger partial charge in [0, 0.05) is 25.5 Å². The van der Waals surface area contributed by atoms with Gasteiger partial charge in [-0.1, -0.05) is 24.3 Å². The molecule has 0 fully saturated rings. The lowest BCUT2D eigenvalue weighted by Gasteiger charge is -2.07. The van der Waals surface area contributed by atoms with E-state index in [-0.39, 0.29) is 11.7 Å². The molecule has 0 saturated carbocycles. The number of ether oxygens (including phenoxy) is 1. The molecule has 144 valence electrons. The number of carbonyl (C=O) groups excluding carboxylic acids is 1. The minimum atomic E-state index is -0.276. The molecule has 0 aliphatic rings. The monoisotopic (exact) mass is 380 g/mol. The number of amides is 1. The molecule has 3 aromatic rings. The van der Waals surface area contributed by atoms with Crippen molar-refractivity contribution in [3.05, 3.63) is 83.4 Å². The van der Waals surface area contributed by atoms with Gasteiger partial charge in [0.1, 0.15) is 11.6 Å². The number of hydrogen-bond acceptors (Lipinski definition) is 5. The van der Waals surface area contributed by atoms with E-state index in [1.165, 1.54) is 24.5 Å². The maximum absolute atomic E-state index is 12.9. The Labute approximate surface area is 162 Å². The summed E-state index contributed by atoms with van der Waals surface area (Å²) in [5.41, 5.74) is 2.41. The minimum Gasteiger partial charge on any atom is -0.497 e. The van der Waals surface area contributed by atoms with Crippen molar-refractivity contribution in [1.82, 2.24) is 15.3 Å². The van der Waals surface area contributed by atoms with E-state index in [1.807, 2.05) is 24.3 Å². The molecular formula is C21H21FN4O2. The van der Waals surface area contributed by atoms with Crippen LogP contribution < -0.4 is 15.4 Å². The third-order valence-electron chi connectivity index (χ3n) is 4.14. The predicted octanol–water partition coefficient (Wildman–Crippen LogP) is 3.21. The Morgan fingerprint density at radius 3 is 2.29 bits per heavy atom. The highest BCUT2D eigenvalue weighted by Gasteiger charge is 2.07. The molecule has 1 amide bonds. The van der Waals surface area contributed by atoms with Crippen LogP contribution in [0.3, 0.4) is 0 Å². The smallest absolute Gasteiger partial charge is 0.254 e. The maximum atomic E-state index is 12.9. The number of halogens is 1. The summed E-state index contributed by atoms with van der Waals surface area (Å²) in [6.07, 6.45) is 3.67. The number of carbonyl (C=O) groups is 1. The van der Waals surface area contributed by atoms with E-state index < -0.39 is 0 Å². The molecule has 2 N–H and O–H groups in total. The van der Waals surface area contributed by atoms with Crippen LogP contribution in [0.2, 0.25) is 0 Å². The first-order valence-electron chi connectivity index (χ1n) is 8.85. The largest absolute Gasteiger partial charge is 0.497 e. The quantitative estimate of drug-likeness (QED) is 0.628. The number of nitrogens with one attached hydrogen (secondary N) is 2. The average Bonchev–Trinajstić information content (AvgIpc) is 2.74. The van der Waals surface area contributed by atoms with E-state index in [0.717, 1.165) is 16.9 Å². The summed E-state index contributed by atoms with van der Waals surface area (Å²) < 4.78 is 18.0. The zero-order valence-corrected chi connectivity index (χ0v) is 15.5. The molecule has 3 rings (SSSR count). The van der Waals surface area contributed by atoms with Crippen LogP contribution in [0.25, 0.3) is 0 Å². The van der Waals surface area contributed by atoms with Crippen LogP contribution >= 0.6 is 0 Å². The Bertz CT molecular complexity index is 897. The fourth-order valence-electron chi connectivity index (χ4n) is 2.53. The van der Waals surface area contributed by atoms with Gasteiger partial charge in [-0.05, 0) is 41.8 Å². The van der Waals surface area contributed by atoms with Gasteiger partial charge < -0.3 is 15.4 Å². The van der Waals surface area contributed by atoms with Crippen LogP contribution in [0.15, 0.2) is 60.9 Å². The Kier molecular flexibility index (Phi) is 6.51. The summed E-state index contributed by atoms with van der Waals surface area (Å²) in [6.45, 7) is 0.976. The second-order valence-electron chi connectivity index (χ2n) is 6.13. The van der Waals surface area contributed by atoms with E-state index in [4.69, 9.17) is 4.74 Å². The molecule has 0 saturated heterocycles. The van der Waals surface area contributed by atoms with E-state index >= 15 is 0 Å². The van der Waals surface area contributed by atoms with Crippen molar-refractivity contribution in [3.63, 3.8) is 0 Å². The Balaban J connectivity index is 1.45. The van der Waals surface area contributed by atoms with E-state index in [0.29, 0.717) is 31.0 Å². The van der Waals surface area contributed by atoms with Crippen LogP contribution in [0.1, 0.15) is 21.5 Å². The molecule has 6 nitrogen and oxygen atoms in total. The lowest BCUT2D eigenvalue weighted by Crippen LogP contribution is -2.26. The first-order chi connectivity index (χ1) is 13.6. The topological polar surface area (TPSA) is 76.1 Å². The average molecular weight is 380 g/mol. The summed E-state index contributed by atoms with van der Waals surface area (Å²) in [7, 11) is 1.63. The molecule has 0 atom stereocenters. The summed E-state index contributed by atoms with van der Waals surface area (Å²) in [6, 6.07) is 13.9. The molecule has 2 aromatic carbocycles. The summed E-state index contributed by atoms with van der Waals surface area (Å²) in [4.78, 5) is 20.5. The van der Waals surface area contributed by atoms with Gasteiger partial charge in [-0.25, -0.2) is 14.4 Å². The molecule has 1 aromatic heterocycles. The van der Waals surface area contributed by atoms with Gasteiger partial charge in [0.05, 0.1) is 12.7 Å². The zero-order valence-electron chi connectivity index (χ0n) is 15.5. The predicted molar refractivity (Wildman–Crippen MR) is 105 cm³/mol. The molecule has 0 unspecified atom stereocenters. The normalized spacial score (nSPS) is 10.4. The third kappa shape index (κ3) is 5.51. The molecule has 28 heavy (non-hydrogen) atoms. The lowest BCUT2D eigenvalue weighted by atomic mass is 10.1. The molecule has 7 heteroatoms. The first-order valence-corrected chi connectivity index (χ1v) is 8.85. The van der Waals surface area contributed by atoms with Crippen LogP contribution in [0.4, 0.5) is 10.3 Å². The lowest BCUT2D eigenvalue weighted by molar-refractivity contribution is 0.0953. The molecule has 0 bridgehead atoms. The third-order valence-corrected chi connectivity index (χ3v) is 4.14. The van der Waals surface area contributed by atoms with Crippen molar-refractivity contribution in [3.8, 4) is 5.75 Å². The molecular weight excluding hydrogens is 359 g/mol. The number of anilines is 1. The number of aromatic nitrogens is 2. The fourth-order valence-corrected chi connectivity index (χ4v) is 2.53. The second kappa shape index (κ2) is 9.45. The molecule has 1 heterocycles. The molecule has 0 aliphatic carbocycles. The first kappa shape index (κ1) is 19.3. The molecule has 0 spiro atoms. The number of rotatable bonds is 8. The number of benzene rings is 2. The van der Waals surface area contributed by atoms with Crippen LogP contribution in [-0.2, 0) is 13.0 Å². The van der Waals surface area contributed by atoms with Crippen molar-refractivity contribution >= 4 is 11.9 Å². The highest BCUT2D eigenvalue weighted by Crippen LogP contribution is 2.11. The zero-order chi connectivity index (χ0) is 19.8. The Morgan fingerprint density at radius 2 is 1.64 bits per heavy atom. The van der Waals surface area contributed by atoms with Gasteiger partial charge in [-0.15, -0.1) is 0 Å². The number of nitrogens with zero attached hydrogens (tertiary/aromatic N) is 2. The number of hydrogen-bond donors (Lipinski definition) is 2. The summed E-state index contributed by atoms with van der Waals surface area (Å²) in [5, 5.41) is 5.89. The van der Waals surface area contributed by atoms with Crippen LogP contribution in [-0.4, -0.2) is 29.5 Å². The summed E-state index contributed by atoms with van der Waals surface area (Å²) in [5.74, 6) is 0.707. The SMILES string of the molecule is COc1ccc(CCNC(=O)c2cnc(NCc3ccc(F)cc3)nc2)cc1. The van der Waals surface area contributed by atoms with Gasteiger partial charge in [0.15, 0.2) is 0 Å². The van der Waals surface area contributed by atoms with Gasteiger partial charge in [-0.2, -0.15) is 0 Å². The van der Waals surface area contributed by atoms with Gasteiger partial charge in [-0.3, -0.25) is 4.79 Å². The fraction of sp³-hybridized carbons (Fsp3) is 0.190. The van der Waals surface area contributed by atoms with Gasteiger partial charge in [0.2, 0.25) is 5.95 Å². The van der Waals surface area contributed by atoms with Crippen molar-refractivity contribution in [2.45, 2.75) is 13.0 Å². The number of methoxy groups -OCH3 is 1. The van der Waals surface area contributed by atoms with Gasteiger partial charge >= 0.3 is 0 Å². The molecule has 0 aliphatic heterocycles. The van der Waals surface area contributed by atoms with E-state index in [1.54, 1.807) is 19.2 Å². The van der Waals surface area contributed by atoms with Crippen molar-refractivity contribution in [2.75, 3.05) is 19.0 Å². The maximum Gasteiger partial charge on any atom is 0.254 e. The second-order valence-corrected chi connectivity index (χ2v) is 6.13. The highest BCUT2D eigenvalue weighted by molar-refractivity contribution is 5.93. The van der Waals surface area contributed by atoms with Crippen molar-refractivity contribution in [2.24, 2.45) is 0 Å². The van der Waals surface area contributed by atoms with E-state index in [9.17, 15) is 9.18 Å². The summed E-state index contributed by atoms with van der Waals surface area (Å²) >= 11 is 0. The van der Waals surface area contributed by atoms with Crippen molar-refractivity contribution < 1.29 is 13.9 Å². The Hall–Kier alpha value is -3.48. The van der Waals surface area contributed by atoms with Crippen LogP contribution in [0, 0.1) is 5.82 Å². The standard InChI is InChI=1S/C21H21FN4O2/c1-28-19-8-4-15(5-9-19)10-11-23-20(27)17-13-25-21(26-14-17)24-12-16-2-6-18(22)7-3-16/h2-9,13-14H,10-12H2,1H3,(H,23,27)(H,24,25,26). The Morgan fingerprint density at radius 1 is 1.00 bits per heavy atom. The van der Waals surface area contributed by atoms with Crippen molar-refractivity contribution in [1.29, 1.82) is 0 Å². The van der Waals surface area contributed by atoms with Gasteiger partial charge in [0.25, 0.3) is 5.91 Å². The highest BCUT2D eigenvalue weighted by atomic mass is 19.1.